The molecular weight excluding hydrogens is 256 g/mol. The smallest absolute Gasteiger partial charge is 0.306 e. The molecule has 0 radical (unpaired) electrons. The van der Waals surface area contributed by atoms with Crippen LogP contribution in [-0.4, -0.2) is 26.9 Å². The molecule has 0 aliphatic heterocycles. The number of aromatic nitrogens is 2. The topological polar surface area (TPSA) is 90.9 Å². The number of hydrogen-bond donors (Lipinski definition) is 2. The average molecular weight is 278 g/mol. The summed E-state index contributed by atoms with van der Waals surface area (Å²) in [6.45, 7) is 5.55. The highest BCUT2D eigenvalue weighted by molar-refractivity contribution is 5.69. The number of rotatable bonds is 7. The van der Waals surface area contributed by atoms with Gasteiger partial charge < -0.3 is 10.4 Å². The number of carboxylic acids is 1. The van der Waals surface area contributed by atoms with E-state index in [-0.39, 0.29) is 12.0 Å². The molecule has 0 aliphatic carbocycles. The number of anilines is 1. The summed E-state index contributed by atoms with van der Waals surface area (Å²) in [5.41, 5.74) is 1.28. The first kappa shape index (κ1) is 16.0. The minimum absolute atomic E-state index is 0.165. The van der Waals surface area contributed by atoms with Gasteiger partial charge in [-0.15, -0.1) is 0 Å². The number of nitriles is 1. The summed E-state index contributed by atoms with van der Waals surface area (Å²) >= 11 is 0. The Morgan fingerprint density at radius 2 is 2.15 bits per heavy atom. The van der Waals surface area contributed by atoms with Crippen LogP contribution >= 0.6 is 0 Å². The zero-order valence-electron chi connectivity index (χ0n) is 12.5. The number of nitrogens with zero attached hydrogens (tertiary/aromatic N) is 3. The van der Waals surface area contributed by atoms with Gasteiger partial charge in [-0.05, 0) is 26.7 Å². The van der Waals surface area contributed by atoms with Crippen molar-refractivity contribution in [2.75, 3.05) is 5.32 Å². The molecule has 2 unspecified atom stereocenters. The maximum atomic E-state index is 10.7. The van der Waals surface area contributed by atoms with E-state index in [1.165, 1.54) is 0 Å². The molecule has 0 saturated carbocycles. The van der Waals surface area contributed by atoms with E-state index >= 15 is 0 Å². The van der Waals surface area contributed by atoms with Crippen LogP contribution in [0.15, 0.2) is 0 Å². The minimum Gasteiger partial charge on any atom is -0.481 e. The molecule has 6 nitrogen and oxygen atoms in total. The summed E-state index contributed by atoms with van der Waals surface area (Å²) in [4.78, 5) is 10.7. The molecule has 0 aliphatic rings. The van der Waals surface area contributed by atoms with Gasteiger partial charge in [-0.25, -0.2) is 0 Å². The van der Waals surface area contributed by atoms with Gasteiger partial charge in [0, 0.05) is 13.1 Å². The normalized spacial score (nSPS) is 13.6. The molecule has 1 rings (SSSR count). The second-order valence-corrected chi connectivity index (χ2v) is 5.26. The first-order chi connectivity index (χ1) is 9.36. The first-order valence-corrected chi connectivity index (χ1v) is 6.79. The Morgan fingerprint density at radius 3 is 2.70 bits per heavy atom. The molecule has 1 heterocycles. The van der Waals surface area contributed by atoms with Gasteiger partial charge in [0.2, 0.25) is 0 Å². The molecule has 0 spiro atoms. The summed E-state index contributed by atoms with van der Waals surface area (Å²) in [6, 6.07) is 2.32. The van der Waals surface area contributed by atoms with Gasteiger partial charge in [0.25, 0.3) is 0 Å². The van der Waals surface area contributed by atoms with E-state index < -0.39 is 5.97 Å². The highest BCUT2D eigenvalue weighted by Crippen LogP contribution is 2.20. The molecule has 0 bridgehead atoms. The van der Waals surface area contributed by atoms with Crippen molar-refractivity contribution < 1.29 is 9.90 Å². The van der Waals surface area contributed by atoms with E-state index in [1.54, 1.807) is 18.7 Å². The largest absolute Gasteiger partial charge is 0.481 e. The SMILES string of the molecule is Cc1nn(C)c(NC(C)CCCC(C)C(=O)O)c1C#N. The van der Waals surface area contributed by atoms with Crippen LogP contribution in [0.2, 0.25) is 0 Å². The highest BCUT2D eigenvalue weighted by Gasteiger charge is 2.15. The summed E-state index contributed by atoms with van der Waals surface area (Å²) < 4.78 is 1.67. The third kappa shape index (κ3) is 3.98. The fraction of sp³-hybridized carbons (Fsp3) is 0.643. The predicted molar refractivity (Wildman–Crippen MR) is 76.4 cm³/mol. The maximum absolute atomic E-state index is 10.7. The first-order valence-electron chi connectivity index (χ1n) is 6.79. The number of hydrogen-bond acceptors (Lipinski definition) is 4. The molecule has 0 aromatic carbocycles. The van der Waals surface area contributed by atoms with E-state index in [0.29, 0.717) is 17.7 Å². The lowest BCUT2D eigenvalue weighted by molar-refractivity contribution is -0.141. The van der Waals surface area contributed by atoms with Gasteiger partial charge in [-0.2, -0.15) is 10.4 Å². The molecule has 1 aromatic rings. The number of aryl methyl sites for hydroxylation is 2. The van der Waals surface area contributed by atoms with Crippen molar-refractivity contribution in [1.82, 2.24) is 9.78 Å². The summed E-state index contributed by atoms with van der Waals surface area (Å²) in [7, 11) is 1.80. The second kappa shape index (κ2) is 6.94. The van der Waals surface area contributed by atoms with E-state index in [2.05, 4.69) is 16.5 Å². The van der Waals surface area contributed by atoms with Crippen LogP contribution in [0.5, 0.6) is 0 Å². The van der Waals surface area contributed by atoms with Crippen molar-refractivity contribution in [3.63, 3.8) is 0 Å². The maximum Gasteiger partial charge on any atom is 0.306 e. The molecular formula is C14H22N4O2. The molecule has 6 heteroatoms. The van der Waals surface area contributed by atoms with E-state index in [0.717, 1.165) is 18.7 Å². The Kier molecular flexibility index (Phi) is 5.56. The quantitative estimate of drug-likeness (QED) is 0.798. The molecule has 110 valence electrons. The Hall–Kier alpha value is -2.03. The Labute approximate surface area is 119 Å². The standard InChI is InChI=1S/C14H22N4O2/c1-9(14(19)20)6-5-7-10(2)16-13-12(8-15)11(3)17-18(13)4/h9-10,16H,5-7H2,1-4H3,(H,19,20). The van der Waals surface area contributed by atoms with Gasteiger partial charge in [-0.1, -0.05) is 13.3 Å². The van der Waals surface area contributed by atoms with Crippen molar-refractivity contribution in [1.29, 1.82) is 5.26 Å². The van der Waals surface area contributed by atoms with Gasteiger partial charge in [0.1, 0.15) is 17.5 Å². The lowest BCUT2D eigenvalue weighted by Gasteiger charge is -2.16. The molecule has 0 fully saturated rings. The van der Waals surface area contributed by atoms with Crippen LogP contribution in [0.1, 0.15) is 44.4 Å². The fourth-order valence-electron chi connectivity index (χ4n) is 2.12. The van der Waals surface area contributed by atoms with Gasteiger partial charge in [0.15, 0.2) is 0 Å². The predicted octanol–water partition coefficient (Wildman–Crippen LogP) is 2.29. The Balaban J connectivity index is 2.53. The summed E-state index contributed by atoms with van der Waals surface area (Å²) in [6.07, 6.45) is 2.35. The zero-order chi connectivity index (χ0) is 15.3. The number of aliphatic carboxylic acids is 1. The molecule has 2 atom stereocenters. The van der Waals surface area contributed by atoms with Gasteiger partial charge in [-0.3, -0.25) is 9.48 Å². The van der Waals surface area contributed by atoms with E-state index in [1.807, 2.05) is 13.8 Å². The molecule has 2 N–H and O–H groups in total. The number of nitrogens with one attached hydrogen (secondary N) is 1. The lowest BCUT2D eigenvalue weighted by Crippen LogP contribution is -2.19. The van der Waals surface area contributed by atoms with Gasteiger partial charge in [0.05, 0.1) is 11.6 Å². The Morgan fingerprint density at radius 1 is 1.50 bits per heavy atom. The van der Waals surface area contributed by atoms with Crippen LogP contribution in [-0.2, 0) is 11.8 Å². The van der Waals surface area contributed by atoms with Gasteiger partial charge >= 0.3 is 5.97 Å². The van der Waals surface area contributed by atoms with E-state index in [9.17, 15) is 4.79 Å². The van der Waals surface area contributed by atoms with E-state index in [4.69, 9.17) is 10.4 Å². The zero-order valence-corrected chi connectivity index (χ0v) is 12.5. The highest BCUT2D eigenvalue weighted by atomic mass is 16.4. The lowest BCUT2D eigenvalue weighted by atomic mass is 10.0. The van der Waals surface area contributed by atoms with Crippen molar-refractivity contribution in [3.05, 3.63) is 11.3 Å². The van der Waals surface area contributed by atoms with Crippen molar-refractivity contribution in [3.8, 4) is 6.07 Å². The third-order valence-corrected chi connectivity index (χ3v) is 3.41. The average Bonchev–Trinajstić information content (AvgIpc) is 2.63. The number of carbonyl (C=O) groups is 1. The van der Waals surface area contributed by atoms with Crippen LogP contribution in [0, 0.1) is 24.2 Å². The molecule has 0 amide bonds. The molecule has 0 saturated heterocycles. The fourth-order valence-corrected chi connectivity index (χ4v) is 2.12. The van der Waals surface area contributed by atoms with Crippen LogP contribution in [0.3, 0.4) is 0 Å². The second-order valence-electron chi connectivity index (χ2n) is 5.26. The summed E-state index contributed by atoms with van der Waals surface area (Å²) in [5, 5.41) is 25.5. The van der Waals surface area contributed by atoms with Crippen molar-refractivity contribution >= 4 is 11.8 Å². The molecule has 20 heavy (non-hydrogen) atoms. The number of carboxylic acid groups (broad SMARTS) is 1. The summed E-state index contributed by atoms with van der Waals surface area (Å²) in [5.74, 6) is -0.334. The van der Waals surface area contributed by atoms with Crippen LogP contribution in [0.25, 0.3) is 0 Å². The third-order valence-electron chi connectivity index (χ3n) is 3.41. The van der Waals surface area contributed by atoms with Crippen LogP contribution < -0.4 is 5.32 Å². The van der Waals surface area contributed by atoms with Crippen molar-refractivity contribution in [2.45, 2.75) is 46.1 Å². The van der Waals surface area contributed by atoms with Crippen molar-refractivity contribution in [2.24, 2.45) is 13.0 Å². The molecule has 1 aromatic heterocycles. The monoisotopic (exact) mass is 278 g/mol. The minimum atomic E-state index is -0.750. The van der Waals surface area contributed by atoms with Crippen LogP contribution in [0.4, 0.5) is 5.82 Å². The Bertz CT molecular complexity index is 516.